The number of Topliss-reactive ketones (excluding diaryl/α,β-unsaturated/α-hetero) is 1. The molecular weight excluding hydrogens is 306 g/mol. The molecule has 0 aliphatic rings. The molecule has 0 aromatic heterocycles. The maximum absolute atomic E-state index is 11.3. The van der Waals surface area contributed by atoms with Crippen molar-refractivity contribution in [3.05, 3.63) is 0 Å². The molecule has 0 unspecified atom stereocenters. The number of aliphatic hydroxyl groups is 1. The Hall–Kier alpha value is -1.96. The lowest BCUT2D eigenvalue weighted by molar-refractivity contribution is -0.147. The molecule has 0 atom stereocenters. The van der Waals surface area contributed by atoms with Crippen molar-refractivity contribution >= 4 is 23.6 Å². The second kappa shape index (κ2) is 13.7. The van der Waals surface area contributed by atoms with E-state index in [1.54, 1.807) is 0 Å². The minimum absolute atomic E-state index is 0.0522. The summed E-state index contributed by atoms with van der Waals surface area (Å²) >= 11 is 0. The second-order valence-electron chi connectivity index (χ2n) is 4.95. The predicted molar refractivity (Wildman–Crippen MR) is 80.4 cm³/mol. The highest BCUT2D eigenvalue weighted by Gasteiger charge is 2.08. The number of esters is 2. The number of amides is 1. The molecule has 0 aliphatic carbocycles. The third-order valence-electron chi connectivity index (χ3n) is 2.72. The van der Waals surface area contributed by atoms with Gasteiger partial charge in [-0.25, -0.2) is 0 Å². The molecule has 0 saturated heterocycles. The molecule has 0 aromatic carbocycles. The quantitative estimate of drug-likeness (QED) is 0.363. The standard InChI is InChI=1S/C15H25NO7/c1-12(18)5-3-9-22-14(20)7-4-10-23-15(21)11-16-13(19)6-2-8-17/h17H,2-11H2,1H3,(H,16,19). The first kappa shape index (κ1) is 21.0. The number of carbonyl (C=O) groups is 4. The third kappa shape index (κ3) is 14.7. The van der Waals surface area contributed by atoms with E-state index in [1.165, 1.54) is 6.92 Å². The minimum Gasteiger partial charge on any atom is -0.466 e. The summed E-state index contributed by atoms with van der Waals surface area (Å²) in [7, 11) is 0. The van der Waals surface area contributed by atoms with Gasteiger partial charge in [0.15, 0.2) is 0 Å². The number of ether oxygens (including phenoxy) is 2. The number of hydrogen-bond acceptors (Lipinski definition) is 7. The summed E-state index contributed by atoms with van der Waals surface area (Å²) in [4.78, 5) is 44.5. The van der Waals surface area contributed by atoms with Crippen LogP contribution in [0.4, 0.5) is 0 Å². The van der Waals surface area contributed by atoms with E-state index < -0.39 is 11.9 Å². The van der Waals surface area contributed by atoms with Crippen LogP contribution in [0.25, 0.3) is 0 Å². The van der Waals surface area contributed by atoms with Gasteiger partial charge in [0.2, 0.25) is 5.91 Å². The zero-order valence-electron chi connectivity index (χ0n) is 13.5. The molecule has 0 heterocycles. The highest BCUT2D eigenvalue weighted by Crippen LogP contribution is 1.97. The number of carbonyl (C=O) groups excluding carboxylic acids is 4. The molecule has 8 nitrogen and oxygen atoms in total. The van der Waals surface area contributed by atoms with Gasteiger partial charge in [-0.05, 0) is 26.2 Å². The van der Waals surface area contributed by atoms with Crippen LogP contribution < -0.4 is 5.32 Å². The van der Waals surface area contributed by atoms with Crippen LogP contribution in [0.5, 0.6) is 0 Å². The van der Waals surface area contributed by atoms with Crippen molar-refractivity contribution in [3.8, 4) is 0 Å². The van der Waals surface area contributed by atoms with Gasteiger partial charge >= 0.3 is 11.9 Å². The van der Waals surface area contributed by atoms with Crippen LogP contribution in [0.3, 0.4) is 0 Å². The summed E-state index contributed by atoms with van der Waals surface area (Å²) in [6.45, 7) is 1.43. The van der Waals surface area contributed by atoms with Crippen molar-refractivity contribution in [1.82, 2.24) is 5.32 Å². The minimum atomic E-state index is -0.586. The van der Waals surface area contributed by atoms with Crippen LogP contribution in [0.1, 0.15) is 45.4 Å². The van der Waals surface area contributed by atoms with Crippen LogP contribution in [0, 0.1) is 0 Å². The van der Waals surface area contributed by atoms with Crippen molar-refractivity contribution in [2.75, 3.05) is 26.4 Å². The fraction of sp³-hybridized carbons (Fsp3) is 0.733. The Morgan fingerprint density at radius 1 is 0.870 bits per heavy atom. The lowest BCUT2D eigenvalue weighted by Gasteiger charge is -2.07. The topological polar surface area (TPSA) is 119 Å². The molecule has 8 heteroatoms. The van der Waals surface area contributed by atoms with E-state index in [1.807, 2.05) is 0 Å². The lowest BCUT2D eigenvalue weighted by atomic mass is 10.2. The predicted octanol–water partition coefficient (Wildman–Crippen LogP) is 0.111. The smallest absolute Gasteiger partial charge is 0.325 e. The largest absolute Gasteiger partial charge is 0.466 e. The zero-order valence-corrected chi connectivity index (χ0v) is 13.5. The van der Waals surface area contributed by atoms with Gasteiger partial charge in [-0.2, -0.15) is 0 Å². The molecule has 1 amide bonds. The lowest BCUT2D eigenvalue weighted by Crippen LogP contribution is -2.30. The summed E-state index contributed by atoms with van der Waals surface area (Å²) in [5, 5.41) is 10.9. The number of nitrogens with one attached hydrogen (secondary N) is 1. The van der Waals surface area contributed by atoms with E-state index in [9.17, 15) is 19.2 Å². The summed E-state index contributed by atoms with van der Waals surface area (Å²) in [5.74, 6) is -1.26. The van der Waals surface area contributed by atoms with Crippen LogP contribution >= 0.6 is 0 Å². The van der Waals surface area contributed by atoms with E-state index in [0.717, 1.165) is 0 Å². The van der Waals surface area contributed by atoms with Crippen LogP contribution in [0.2, 0.25) is 0 Å². The molecule has 0 spiro atoms. The molecule has 0 fully saturated rings. The van der Waals surface area contributed by atoms with Crippen molar-refractivity contribution in [2.24, 2.45) is 0 Å². The van der Waals surface area contributed by atoms with E-state index in [-0.39, 0.29) is 50.9 Å². The van der Waals surface area contributed by atoms with Gasteiger partial charge in [0, 0.05) is 25.9 Å². The molecule has 0 aromatic rings. The van der Waals surface area contributed by atoms with Crippen molar-refractivity contribution < 1.29 is 33.8 Å². The number of hydrogen-bond donors (Lipinski definition) is 2. The van der Waals surface area contributed by atoms with Gasteiger partial charge in [-0.1, -0.05) is 0 Å². The van der Waals surface area contributed by atoms with Gasteiger partial charge in [-0.3, -0.25) is 14.4 Å². The molecule has 0 saturated carbocycles. The van der Waals surface area contributed by atoms with E-state index in [4.69, 9.17) is 14.6 Å². The fourth-order valence-corrected chi connectivity index (χ4v) is 1.53. The Kier molecular flexibility index (Phi) is 12.5. The number of ketones is 1. The molecule has 132 valence electrons. The average Bonchev–Trinajstić information content (AvgIpc) is 2.51. The van der Waals surface area contributed by atoms with E-state index in [2.05, 4.69) is 5.32 Å². The van der Waals surface area contributed by atoms with Crippen molar-refractivity contribution in [1.29, 1.82) is 0 Å². The van der Waals surface area contributed by atoms with E-state index in [0.29, 0.717) is 25.7 Å². The Balaban J connectivity index is 3.52. The van der Waals surface area contributed by atoms with Gasteiger partial charge in [0.25, 0.3) is 0 Å². The fourth-order valence-electron chi connectivity index (χ4n) is 1.53. The number of rotatable bonds is 13. The highest BCUT2D eigenvalue weighted by atomic mass is 16.5. The summed E-state index contributed by atoms with van der Waals surface area (Å²) in [6, 6.07) is 0. The first-order valence-corrected chi connectivity index (χ1v) is 7.64. The zero-order chi connectivity index (χ0) is 17.5. The third-order valence-corrected chi connectivity index (χ3v) is 2.72. The maximum Gasteiger partial charge on any atom is 0.325 e. The van der Waals surface area contributed by atoms with E-state index >= 15 is 0 Å². The number of aliphatic hydroxyl groups excluding tert-OH is 1. The first-order chi connectivity index (χ1) is 11.0. The van der Waals surface area contributed by atoms with Crippen molar-refractivity contribution in [3.63, 3.8) is 0 Å². The average molecular weight is 331 g/mol. The second-order valence-corrected chi connectivity index (χ2v) is 4.95. The molecule has 0 bridgehead atoms. The molecule has 0 rings (SSSR count). The van der Waals surface area contributed by atoms with Crippen LogP contribution in [-0.2, 0) is 28.7 Å². The first-order valence-electron chi connectivity index (χ1n) is 7.64. The van der Waals surface area contributed by atoms with Gasteiger partial charge in [0.1, 0.15) is 12.3 Å². The van der Waals surface area contributed by atoms with Crippen molar-refractivity contribution in [2.45, 2.75) is 45.4 Å². The normalized spacial score (nSPS) is 10.0. The monoisotopic (exact) mass is 331 g/mol. The molecule has 0 radical (unpaired) electrons. The molecule has 2 N–H and O–H groups in total. The highest BCUT2D eigenvalue weighted by molar-refractivity contribution is 5.81. The molecular formula is C15H25NO7. The van der Waals surface area contributed by atoms with Gasteiger partial charge < -0.3 is 24.7 Å². The van der Waals surface area contributed by atoms with Gasteiger partial charge in [0.05, 0.1) is 13.2 Å². The Bertz CT molecular complexity index is 395. The summed E-state index contributed by atoms with van der Waals surface area (Å²) < 4.78 is 9.76. The van der Waals surface area contributed by atoms with Crippen LogP contribution in [-0.4, -0.2) is 55.1 Å². The maximum atomic E-state index is 11.3. The Labute approximate surface area is 135 Å². The Morgan fingerprint density at radius 3 is 2.09 bits per heavy atom. The molecule has 0 aliphatic heterocycles. The van der Waals surface area contributed by atoms with Gasteiger partial charge in [-0.15, -0.1) is 0 Å². The Morgan fingerprint density at radius 2 is 1.48 bits per heavy atom. The summed E-state index contributed by atoms with van der Waals surface area (Å²) in [6.07, 6.45) is 1.83. The SMILES string of the molecule is CC(=O)CCCOC(=O)CCCOC(=O)CNC(=O)CCCO. The van der Waals surface area contributed by atoms with Crippen LogP contribution in [0.15, 0.2) is 0 Å². The molecule has 23 heavy (non-hydrogen) atoms. The summed E-state index contributed by atoms with van der Waals surface area (Å²) in [5.41, 5.74) is 0.